The first kappa shape index (κ1) is 15.3. The van der Waals surface area contributed by atoms with Gasteiger partial charge in [-0.25, -0.2) is 0 Å². The topological polar surface area (TPSA) is 47.9 Å². The maximum absolute atomic E-state index is 9.68. The first-order valence-corrected chi connectivity index (χ1v) is 8.18. The Bertz CT molecular complexity index is 333. The molecule has 18 heavy (non-hydrogen) atoms. The van der Waals surface area contributed by atoms with E-state index < -0.39 is 15.1 Å². The van der Waals surface area contributed by atoms with Crippen molar-refractivity contribution in [3.05, 3.63) is 35.9 Å². The molecule has 2 atom stereocenters. The van der Waals surface area contributed by atoms with Crippen molar-refractivity contribution < 1.29 is 18.4 Å². The lowest BCUT2D eigenvalue weighted by Gasteiger charge is -2.29. The number of benzene rings is 1. The quantitative estimate of drug-likeness (QED) is 0.581. The summed E-state index contributed by atoms with van der Waals surface area (Å²) >= 11 is 0. The second kappa shape index (κ2) is 7.65. The average molecular weight is 270 g/mol. The molecule has 1 N–H and O–H groups in total. The van der Waals surface area contributed by atoms with E-state index in [1.807, 2.05) is 44.2 Å². The Balaban J connectivity index is 2.82. The van der Waals surface area contributed by atoms with E-state index in [1.54, 1.807) is 7.11 Å². The van der Waals surface area contributed by atoms with Crippen molar-refractivity contribution in [2.24, 2.45) is 0 Å². The van der Waals surface area contributed by atoms with E-state index in [2.05, 4.69) is 0 Å². The molecule has 0 aromatic heterocycles. The van der Waals surface area contributed by atoms with Crippen molar-refractivity contribution in [2.75, 3.05) is 13.7 Å². The summed E-state index contributed by atoms with van der Waals surface area (Å²) in [5.74, 6) is 0. The molecule has 0 heterocycles. The van der Waals surface area contributed by atoms with Crippen LogP contribution in [-0.4, -0.2) is 33.9 Å². The standard InChI is InChI=1S/C13H22O4Si/c1-4-13(14)17-18(15-3,16-5-2)11-12-9-7-6-8-10-12/h6-10,13-14H,4-5,11H2,1-3H3. The van der Waals surface area contributed by atoms with Crippen LogP contribution in [0.3, 0.4) is 0 Å². The molecule has 1 aromatic carbocycles. The van der Waals surface area contributed by atoms with Crippen LogP contribution in [0.2, 0.25) is 0 Å². The van der Waals surface area contributed by atoms with Crippen molar-refractivity contribution in [3.63, 3.8) is 0 Å². The normalized spacial score (nSPS) is 16.2. The molecule has 0 radical (unpaired) electrons. The van der Waals surface area contributed by atoms with Gasteiger partial charge >= 0.3 is 8.80 Å². The molecule has 0 aliphatic rings. The van der Waals surface area contributed by atoms with E-state index in [4.69, 9.17) is 13.3 Å². The highest BCUT2D eigenvalue weighted by Gasteiger charge is 2.42. The summed E-state index contributed by atoms with van der Waals surface area (Å²) in [5.41, 5.74) is 1.09. The molecule has 0 spiro atoms. The molecule has 1 rings (SSSR count). The van der Waals surface area contributed by atoms with Gasteiger partial charge in [-0.3, -0.25) is 0 Å². The Morgan fingerprint density at radius 1 is 1.22 bits per heavy atom. The molecule has 5 heteroatoms. The third-order valence-corrected chi connectivity index (χ3v) is 5.43. The average Bonchev–Trinajstić information content (AvgIpc) is 2.40. The van der Waals surface area contributed by atoms with Crippen molar-refractivity contribution in [3.8, 4) is 0 Å². The molecule has 0 saturated carbocycles. The lowest BCUT2D eigenvalue weighted by molar-refractivity contribution is -0.0747. The molecular formula is C13H22O4Si. The smallest absolute Gasteiger partial charge is 0.377 e. The number of rotatable bonds is 8. The maximum Gasteiger partial charge on any atom is 0.507 e. The monoisotopic (exact) mass is 270 g/mol. The summed E-state index contributed by atoms with van der Waals surface area (Å²) < 4.78 is 16.8. The van der Waals surface area contributed by atoms with E-state index in [9.17, 15) is 5.11 Å². The molecule has 0 aliphatic heterocycles. The van der Waals surface area contributed by atoms with Crippen LogP contribution in [0.1, 0.15) is 25.8 Å². The summed E-state index contributed by atoms with van der Waals surface area (Å²) in [6.45, 7) is 4.25. The van der Waals surface area contributed by atoms with Crippen LogP contribution in [0.15, 0.2) is 30.3 Å². The minimum Gasteiger partial charge on any atom is -0.377 e. The molecule has 1 aromatic rings. The van der Waals surface area contributed by atoms with Gasteiger partial charge in [0.2, 0.25) is 0 Å². The Labute approximate surface area is 110 Å². The summed E-state index contributed by atoms with van der Waals surface area (Å²) in [6, 6.07) is 10.5. The Kier molecular flexibility index (Phi) is 6.52. The number of hydrogen-bond acceptors (Lipinski definition) is 4. The SMILES string of the molecule is CCO[Si](Cc1ccccc1)(OC)OC(O)CC. The van der Waals surface area contributed by atoms with E-state index >= 15 is 0 Å². The highest BCUT2D eigenvalue weighted by atomic mass is 28.4. The predicted octanol–water partition coefficient (Wildman–Crippen LogP) is 2.14. The largest absolute Gasteiger partial charge is 0.507 e. The number of aliphatic hydroxyl groups is 1. The van der Waals surface area contributed by atoms with Gasteiger partial charge in [0.15, 0.2) is 0 Å². The van der Waals surface area contributed by atoms with Crippen LogP contribution >= 0.6 is 0 Å². The molecule has 4 nitrogen and oxygen atoms in total. The Morgan fingerprint density at radius 2 is 1.89 bits per heavy atom. The van der Waals surface area contributed by atoms with Gasteiger partial charge in [-0.15, -0.1) is 0 Å². The number of aliphatic hydroxyl groups excluding tert-OH is 1. The lowest BCUT2D eigenvalue weighted by atomic mass is 10.2. The van der Waals surface area contributed by atoms with E-state index in [0.717, 1.165) is 5.56 Å². The summed E-state index contributed by atoms with van der Waals surface area (Å²) in [4.78, 5) is 0. The van der Waals surface area contributed by atoms with Crippen molar-refractivity contribution in [1.29, 1.82) is 0 Å². The van der Waals surface area contributed by atoms with Crippen molar-refractivity contribution >= 4 is 8.80 Å². The van der Waals surface area contributed by atoms with Crippen LogP contribution in [0.5, 0.6) is 0 Å². The van der Waals surface area contributed by atoms with Crippen molar-refractivity contribution in [1.82, 2.24) is 0 Å². The zero-order valence-corrected chi connectivity index (χ0v) is 12.3. The van der Waals surface area contributed by atoms with Gasteiger partial charge in [-0.2, -0.15) is 0 Å². The zero-order chi connectivity index (χ0) is 13.4. The van der Waals surface area contributed by atoms with Crippen LogP contribution in [0.4, 0.5) is 0 Å². The van der Waals surface area contributed by atoms with Gasteiger partial charge in [0, 0.05) is 19.8 Å². The van der Waals surface area contributed by atoms with Gasteiger partial charge in [0.25, 0.3) is 0 Å². The fourth-order valence-electron chi connectivity index (χ4n) is 1.66. The minimum atomic E-state index is -2.84. The highest BCUT2D eigenvalue weighted by molar-refractivity contribution is 6.60. The molecule has 0 aliphatic carbocycles. The van der Waals surface area contributed by atoms with Gasteiger partial charge in [-0.05, 0) is 18.9 Å². The van der Waals surface area contributed by atoms with Gasteiger partial charge in [0.1, 0.15) is 6.29 Å². The Morgan fingerprint density at radius 3 is 2.39 bits per heavy atom. The second-order valence-corrected chi connectivity index (χ2v) is 6.62. The molecule has 0 saturated heterocycles. The van der Waals surface area contributed by atoms with Crippen LogP contribution in [0.25, 0.3) is 0 Å². The first-order chi connectivity index (χ1) is 8.65. The van der Waals surface area contributed by atoms with Gasteiger partial charge < -0.3 is 18.4 Å². The van der Waals surface area contributed by atoms with Crippen molar-refractivity contribution in [2.45, 2.75) is 32.6 Å². The van der Waals surface area contributed by atoms with Crippen LogP contribution in [0, 0.1) is 0 Å². The summed E-state index contributed by atoms with van der Waals surface area (Å²) in [5, 5.41) is 9.68. The first-order valence-electron chi connectivity index (χ1n) is 6.24. The summed E-state index contributed by atoms with van der Waals surface area (Å²) in [6.07, 6.45) is -0.327. The van der Waals surface area contributed by atoms with E-state index in [-0.39, 0.29) is 0 Å². The van der Waals surface area contributed by atoms with Gasteiger partial charge in [0.05, 0.1) is 0 Å². The molecular weight excluding hydrogens is 248 g/mol. The highest BCUT2D eigenvalue weighted by Crippen LogP contribution is 2.18. The maximum atomic E-state index is 9.68. The third kappa shape index (κ3) is 4.51. The Hall–Kier alpha value is -0.723. The fourth-order valence-corrected chi connectivity index (χ4v) is 4.03. The molecule has 0 fully saturated rings. The number of hydrogen-bond donors (Lipinski definition) is 1. The predicted molar refractivity (Wildman–Crippen MR) is 71.9 cm³/mol. The van der Waals surface area contributed by atoms with E-state index in [1.165, 1.54) is 0 Å². The molecule has 0 bridgehead atoms. The van der Waals surface area contributed by atoms with Gasteiger partial charge in [-0.1, -0.05) is 37.3 Å². The molecule has 102 valence electrons. The van der Waals surface area contributed by atoms with Crippen LogP contribution in [-0.2, 0) is 19.3 Å². The molecule has 2 unspecified atom stereocenters. The lowest BCUT2D eigenvalue weighted by Crippen LogP contribution is -2.50. The zero-order valence-electron chi connectivity index (χ0n) is 11.3. The third-order valence-electron chi connectivity index (χ3n) is 2.60. The summed E-state index contributed by atoms with van der Waals surface area (Å²) in [7, 11) is -1.27. The minimum absolute atomic E-state index is 0.503. The molecule has 0 amide bonds. The van der Waals surface area contributed by atoms with Crippen LogP contribution < -0.4 is 0 Å². The van der Waals surface area contributed by atoms with E-state index in [0.29, 0.717) is 19.1 Å². The second-order valence-electron chi connectivity index (χ2n) is 3.96. The fraction of sp³-hybridized carbons (Fsp3) is 0.538.